The molecule has 0 amide bonds. The van der Waals surface area contributed by atoms with E-state index in [1.54, 1.807) is 24.3 Å². The molecular formula is C12H12N6O. The van der Waals surface area contributed by atoms with Crippen molar-refractivity contribution >= 4 is 22.7 Å². The van der Waals surface area contributed by atoms with Gasteiger partial charge >= 0.3 is 0 Å². The van der Waals surface area contributed by atoms with Crippen molar-refractivity contribution in [2.75, 3.05) is 11.1 Å². The number of nitrogen functional groups attached to an aromatic ring is 1. The van der Waals surface area contributed by atoms with Crippen molar-refractivity contribution in [2.45, 2.75) is 6.54 Å². The normalized spacial score (nSPS) is 10.7. The van der Waals surface area contributed by atoms with Crippen molar-refractivity contribution in [1.29, 1.82) is 0 Å². The first kappa shape index (κ1) is 11.3. The van der Waals surface area contributed by atoms with Gasteiger partial charge < -0.3 is 21.1 Å². The van der Waals surface area contributed by atoms with Crippen LogP contribution in [0.5, 0.6) is 5.75 Å². The van der Waals surface area contributed by atoms with Gasteiger partial charge in [-0.3, -0.25) is 0 Å². The van der Waals surface area contributed by atoms with Crippen LogP contribution < -0.4 is 11.1 Å². The number of rotatable bonds is 3. The van der Waals surface area contributed by atoms with Gasteiger partial charge in [0, 0.05) is 5.69 Å². The van der Waals surface area contributed by atoms with Gasteiger partial charge in [0.15, 0.2) is 11.5 Å². The van der Waals surface area contributed by atoms with E-state index in [1.807, 2.05) is 0 Å². The fourth-order valence-corrected chi connectivity index (χ4v) is 1.74. The summed E-state index contributed by atoms with van der Waals surface area (Å²) < 4.78 is 0. The van der Waals surface area contributed by atoms with Gasteiger partial charge in [-0.2, -0.15) is 0 Å². The summed E-state index contributed by atoms with van der Waals surface area (Å²) in [4.78, 5) is 15.3. The second-order valence-electron chi connectivity index (χ2n) is 4.04. The van der Waals surface area contributed by atoms with Gasteiger partial charge in [-0.25, -0.2) is 15.0 Å². The number of anilines is 2. The summed E-state index contributed by atoms with van der Waals surface area (Å²) in [6.07, 6.45) is 1.38. The molecule has 3 rings (SSSR count). The van der Waals surface area contributed by atoms with E-state index in [9.17, 15) is 5.11 Å². The monoisotopic (exact) mass is 256 g/mol. The van der Waals surface area contributed by atoms with Gasteiger partial charge in [-0.05, 0) is 24.3 Å². The van der Waals surface area contributed by atoms with Gasteiger partial charge in [0.2, 0.25) is 0 Å². The van der Waals surface area contributed by atoms with Crippen molar-refractivity contribution in [1.82, 2.24) is 19.9 Å². The van der Waals surface area contributed by atoms with Gasteiger partial charge in [0.25, 0.3) is 0 Å². The average molecular weight is 256 g/mol. The SMILES string of the molecule is Nc1ncnc2nc(CNc3ccc(O)cc3)[nH]c12. The number of phenols is 1. The zero-order valence-electron chi connectivity index (χ0n) is 9.96. The second kappa shape index (κ2) is 4.45. The molecule has 0 saturated heterocycles. The molecule has 2 heterocycles. The predicted molar refractivity (Wildman–Crippen MR) is 71.5 cm³/mol. The van der Waals surface area contributed by atoms with Crippen molar-refractivity contribution in [2.24, 2.45) is 0 Å². The van der Waals surface area contributed by atoms with E-state index in [-0.39, 0.29) is 5.75 Å². The highest BCUT2D eigenvalue weighted by atomic mass is 16.3. The van der Waals surface area contributed by atoms with Crippen LogP contribution in [0, 0.1) is 0 Å². The van der Waals surface area contributed by atoms with E-state index in [0.717, 1.165) is 11.5 Å². The maximum Gasteiger partial charge on any atom is 0.183 e. The van der Waals surface area contributed by atoms with E-state index in [2.05, 4.69) is 25.3 Å². The first-order valence-electron chi connectivity index (χ1n) is 5.70. The van der Waals surface area contributed by atoms with Gasteiger partial charge in [-0.15, -0.1) is 0 Å². The molecule has 0 radical (unpaired) electrons. The van der Waals surface area contributed by atoms with E-state index >= 15 is 0 Å². The van der Waals surface area contributed by atoms with Crippen LogP contribution in [0.1, 0.15) is 5.82 Å². The van der Waals surface area contributed by atoms with Crippen molar-refractivity contribution in [3.63, 3.8) is 0 Å². The number of fused-ring (bicyclic) bond motifs is 1. The fourth-order valence-electron chi connectivity index (χ4n) is 1.74. The summed E-state index contributed by atoms with van der Waals surface area (Å²) in [6.45, 7) is 0.501. The third-order valence-electron chi connectivity index (χ3n) is 2.69. The Hall–Kier alpha value is -2.83. The minimum atomic E-state index is 0.234. The largest absolute Gasteiger partial charge is 0.508 e. The number of aromatic amines is 1. The molecule has 1 aromatic carbocycles. The lowest BCUT2D eigenvalue weighted by atomic mass is 10.3. The van der Waals surface area contributed by atoms with E-state index in [1.165, 1.54) is 6.33 Å². The summed E-state index contributed by atoms with van der Waals surface area (Å²) in [6, 6.07) is 6.80. The van der Waals surface area contributed by atoms with E-state index < -0.39 is 0 Å². The molecule has 0 spiro atoms. The smallest absolute Gasteiger partial charge is 0.183 e. The number of imidazole rings is 1. The lowest BCUT2D eigenvalue weighted by Gasteiger charge is -2.03. The Bertz CT molecular complexity index is 706. The molecule has 0 unspecified atom stereocenters. The number of nitrogens with zero attached hydrogens (tertiary/aromatic N) is 3. The highest BCUT2D eigenvalue weighted by Crippen LogP contribution is 2.16. The maximum absolute atomic E-state index is 9.19. The number of aromatic nitrogens is 4. The molecule has 0 aliphatic carbocycles. The average Bonchev–Trinajstić information content (AvgIpc) is 2.83. The number of hydrogen-bond donors (Lipinski definition) is 4. The van der Waals surface area contributed by atoms with E-state index in [0.29, 0.717) is 23.5 Å². The molecule has 7 heteroatoms. The van der Waals surface area contributed by atoms with Crippen LogP contribution in [0.15, 0.2) is 30.6 Å². The van der Waals surface area contributed by atoms with Gasteiger partial charge in [0.05, 0.1) is 6.54 Å². The first-order valence-corrected chi connectivity index (χ1v) is 5.70. The zero-order valence-corrected chi connectivity index (χ0v) is 9.96. The van der Waals surface area contributed by atoms with E-state index in [4.69, 9.17) is 5.73 Å². The van der Waals surface area contributed by atoms with Crippen molar-refractivity contribution in [3.05, 3.63) is 36.4 Å². The molecule has 3 aromatic rings. The minimum absolute atomic E-state index is 0.234. The number of nitrogens with two attached hydrogens (primary N) is 1. The van der Waals surface area contributed by atoms with Gasteiger partial charge in [0.1, 0.15) is 23.4 Å². The molecule has 0 aliphatic rings. The lowest BCUT2D eigenvalue weighted by molar-refractivity contribution is 0.475. The Balaban J connectivity index is 1.78. The van der Waals surface area contributed by atoms with Crippen LogP contribution in [0.3, 0.4) is 0 Å². The predicted octanol–water partition coefficient (Wildman–Crippen LogP) is 1.25. The molecular weight excluding hydrogens is 244 g/mol. The summed E-state index contributed by atoms with van der Waals surface area (Å²) in [5.41, 5.74) is 7.80. The Labute approximate surface area is 108 Å². The lowest BCUT2D eigenvalue weighted by Crippen LogP contribution is -2.00. The van der Waals surface area contributed by atoms with Crippen LogP contribution >= 0.6 is 0 Å². The number of nitrogens with one attached hydrogen (secondary N) is 2. The zero-order chi connectivity index (χ0) is 13.2. The molecule has 0 aliphatic heterocycles. The Morgan fingerprint density at radius 3 is 2.74 bits per heavy atom. The Morgan fingerprint density at radius 1 is 1.21 bits per heavy atom. The van der Waals surface area contributed by atoms with Gasteiger partial charge in [-0.1, -0.05) is 0 Å². The topological polar surface area (TPSA) is 113 Å². The molecule has 0 fully saturated rings. The third kappa shape index (κ3) is 2.25. The molecule has 0 saturated carbocycles. The summed E-state index contributed by atoms with van der Waals surface area (Å²) in [5, 5.41) is 12.4. The molecule has 2 aromatic heterocycles. The van der Waals surface area contributed by atoms with Crippen LogP contribution in [-0.2, 0) is 6.54 Å². The number of hydrogen-bond acceptors (Lipinski definition) is 6. The number of benzene rings is 1. The summed E-state index contributed by atoms with van der Waals surface area (Å²) >= 11 is 0. The molecule has 19 heavy (non-hydrogen) atoms. The van der Waals surface area contributed by atoms with Crippen LogP contribution in [-0.4, -0.2) is 25.0 Å². The minimum Gasteiger partial charge on any atom is -0.508 e. The van der Waals surface area contributed by atoms with Crippen molar-refractivity contribution < 1.29 is 5.11 Å². The molecule has 96 valence electrons. The molecule has 5 N–H and O–H groups in total. The Morgan fingerprint density at radius 2 is 2.00 bits per heavy atom. The Kier molecular flexibility index (Phi) is 2.64. The number of aromatic hydroxyl groups is 1. The number of H-pyrrole nitrogens is 1. The first-order chi connectivity index (χ1) is 9.22. The van der Waals surface area contributed by atoms with Crippen LogP contribution in [0.2, 0.25) is 0 Å². The van der Waals surface area contributed by atoms with Crippen LogP contribution in [0.25, 0.3) is 11.2 Å². The second-order valence-corrected chi connectivity index (χ2v) is 4.04. The maximum atomic E-state index is 9.19. The molecule has 0 bridgehead atoms. The summed E-state index contributed by atoms with van der Waals surface area (Å²) in [7, 11) is 0. The third-order valence-corrected chi connectivity index (χ3v) is 2.69. The molecule has 0 atom stereocenters. The summed E-state index contributed by atoms with van der Waals surface area (Å²) in [5.74, 6) is 1.33. The van der Waals surface area contributed by atoms with Crippen LogP contribution in [0.4, 0.5) is 11.5 Å². The highest BCUT2D eigenvalue weighted by molar-refractivity contribution is 5.81. The quantitative estimate of drug-likeness (QED) is 0.525. The standard InChI is InChI=1S/C12H12N6O/c13-11-10-12(16-6-15-11)18-9(17-10)5-14-7-1-3-8(19)4-2-7/h1-4,6,14,19H,5H2,(H3,13,15,16,17,18). The fraction of sp³-hybridized carbons (Fsp3) is 0.0833. The van der Waals surface area contributed by atoms with Crippen molar-refractivity contribution in [3.8, 4) is 5.75 Å². The molecule has 7 nitrogen and oxygen atoms in total. The highest BCUT2D eigenvalue weighted by Gasteiger charge is 2.06. The number of phenolic OH excluding ortho intramolecular Hbond substituents is 1.